The van der Waals surface area contributed by atoms with Crippen LogP contribution < -0.4 is 5.32 Å². The molecule has 1 amide bonds. The van der Waals surface area contributed by atoms with E-state index in [0.717, 1.165) is 12.8 Å². The van der Waals surface area contributed by atoms with Crippen LogP contribution in [0, 0.1) is 0 Å². The normalized spacial score (nSPS) is 11.8. The minimum absolute atomic E-state index is 0.0213. The van der Waals surface area contributed by atoms with Gasteiger partial charge in [-0.3, -0.25) is 4.79 Å². The van der Waals surface area contributed by atoms with E-state index in [4.69, 9.17) is 0 Å². The third-order valence-corrected chi connectivity index (χ3v) is 3.95. The molecule has 0 aliphatic rings. The van der Waals surface area contributed by atoms with Gasteiger partial charge in [-0.15, -0.1) is 0 Å². The molecule has 0 radical (unpaired) electrons. The average molecular weight is 250 g/mol. The number of rotatable bonds is 8. The molecule has 6 heteroatoms. The fourth-order valence-electron chi connectivity index (χ4n) is 1.37. The van der Waals surface area contributed by atoms with Crippen LogP contribution in [0.2, 0.25) is 0 Å². The van der Waals surface area contributed by atoms with Crippen molar-refractivity contribution in [2.45, 2.75) is 33.6 Å². The van der Waals surface area contributed by atoms with Crippen LogP contribution in [0.5, 0.6) is 0 Å². The second-order valence-corrected chi connectivity index (χ2v) is 5.79. The molecule has 1 N–H and O–H groups in total. The number of carbonyl (C=O) groups is 1. The number of sulfonamides is 1. The van der Waals surface area contributed by atoms with Crippen molar-refractivity contribution in [2.24, 2.45) is 0 Å². The zero-order valence-electron chi connectivity index (χ0n) is 10.3. The third kappa shape index (κ3) is 6.07. The van der Waals surface area contributed by atoms with Crippen LogP contribution in [-0.2, 0) is 14.8 Å². The van der Waals surface area contributed by atoms with Gasteiger partial charge < -0.3 is 5.32 Å². The summed E-state index contributed by atoms with van der Waals surface area (Å²) in [7, 11) is -3.22. The van der Waals surface area contributed by atoms with Gasteiger partial charge in [0.05, 0.1) is 5.75 Å². The van der Waals surface area contributed by atoms with Crippen molar-refractivity contribution in [3.05, 3.63) is 0 Å². The Morgan fingerprint density at radius 2 is 1.69 bits per heavy atom. The predicted octanol–water partition coefficient (Wildman–Crippen LogP) is 0.574. The lowest BCUT2D eigenvalue weighted by molar-refractivity contribution is -0.118. The monoisotopic (exact) mass is 250 g/mol. The van der Waals surface area contributed by atoms with Gasteiger partial charge in [0.2, 0.25) is 15.9 Å². The highest BCUT2D eigenvalue weighted by Gasteiger charge is 2.19. The highest BCUT2D eigenvalue weighted by Crippen LogP contribution is 2.03. The van der Waals surface area contributed by atoms with Crippen LogP contribution in [0.25, 0.3) is 0 Å². The topological polar surface area (TPSA) is 66.5 Å². The van der Waals surface area contributed by atoms with Crippen LogP contribution in [0.4, 0.5) is 0 Å². The summed E-state index contributed by atoms with van der Waals surface area (Å²) in [6.45, 7) is 6.56. The van der Waals surface area contributed by atoms with E-state index < -0.39 is 10.0 Å². The smallest absolute Gasteiger partial charge is 0.216 e. The minimum Gasteiger partial charge on any atom is -0.355 e. The van der Waals surface area contributed by atoms with Crippen molar-refractivity contribution in [2.75, 3.05) is 25.4 Å². The molecule has 0 aliphatic carbocycles. The molecule has 0 fully saturated rings. The van der Waals surface area contributed by atoms with Crippen LogP contribution in [0.3, 0.4) is 0 Å². The second-order valence-electron chi connectivity index (χ2n) is 3.70. The second kappa shape index (κ2) is 7.62. The molecule has 16 heavy (non-hydrogen) atoms. The first-order valence-corrected chi connectivity index (χ1v) is 7.27. The van der Waals surface area contributed by atoms with E-state index in [0.29, 0.717) is 13.1 Å². The number of amides is 1. The van der Waals surface area contributed by atoms with Crippen molar-refractivity contribution in [1.82, 2.24) is 9.62 Å². The quantitative estimate of drug-likeness (QED) is 0.685. The van der Waals surface area contributed by atoms with Gasteiger partial charge in [0.25, 0.3) is 0 Å². The maximum absolute atomic E-state index is 11.9. The van der Waals surface area contributed by atoms with Crippen molar-refractivity contribution in [1.29, 1.82) is 0 Å². The van der Waals surface area contributed by atoms with E-state index in [2.05, 4.69) is 5.32 Å². The van der Waals surface area contributed by atoms with E-state index >= 15 is 0 Å². The highest BCUT2D eigenvalue weighted by atomic mass is 32.2. The Hall–Kier alpha value is -0.620. The molecule has 0 bridgehead atoms. The van der Waals surface area contributed by atoms with Crippen LogP contribution in [0.15, 0.2) is 0 Å². The Kier molecular flexibility index (Phi) is 7.33. The van der Waals surface area contributed by atoms with E-state index in [-0.39, 0.29) is 18.2 Å². The number of hydrogen-bond donors (Lipinski definition) is 1. The summed E-state index contributed by atoms with van der Waals surface area (Å²) in [5.41, 5.74) is 0. The summed E-state index contributed by atoms with van der Waals surface area (Å²) in [5, 5.41) is 2.50. The fraction of sp³-hybridized carbons (Fsp3) is 0.900. The maximum atomic E-state index is 11.9. The average Bonchev–Trinajstić information content (AvgIpc) is 2.16. The van der Waals surface area contributed by atoms with Crippen molar-refractivity contribution >= 4 is 15.9 Å². The first-order valence-electron chi connectivity index (χ1n) is 5.66. The molecular weight excluding hydrogens is 228 g/mol. The summed E-state index contributed by atoms with van der Waals surface area (Å²) in [6.07, 6.45) is 1.61. The molecule has 0 rings (SSSR count). The molecule has 96 valence electrons. The maximum Gasteiger partial charge on any atom is 0.216 e. The Labute approximate surface area is 98.3 Å². The van der Waals surface area contributed by atoms with Gasteiger partial charge in [-0.2, -0.15) is 0 Å². The largest absolute Gasteiger partial charge is 0.355 e. The van der Waals surface area contributed by atoms with Crippen LogP contribution in [-0.4, -0.2) is 44.0 Å². The van der Waals surface area contributed by atoms with Gasteiger partial charge in [0, 0.05) is 26.6 Å². The van der Waals surface area contributed by atoms with E-state index in [1.54, 1.807) is 0 Å². The first kappa shape index (κ1) is 15.4. The predicted molar refractivity (Wildman–Crippen MR) is 64.6 cm³/mol. The molecule has 0 heterocycles. The van der Waals surface area contributed by atoms with Gasteiger partial charge in [-0.1, -0.05) is 13.8 Å². The summed E-state index contributed by atoms with van der Waals surface area (Å²) in [6, 6.07) is 0. The Morgan fingerprint density at radius 3 is 2.06 bits per heavy atom. The Morgan fingerprint density at radius 1 is 1.19 bits per heavy atom. The van der Waals surface area contributed by atoms with Crippen LogP contribution in [0.1, 0.15) is 33.6 Å². The lowest BCUT2D eigenvalue weighted by atomic mass is 10.4. The fourth-order valence-corrected chi connectivity index (χ4v) is 2.91. The summed E-state index contributed by atoms with van der Waals surface area (Å²) >= 11 is 0. The molecule has 0 aromatic carbocycles. The number of carbonyl (C=O) groups excluding carboxylic acids is 1. The van der Waals surface area contributed by atoms with Crippen molar-refractivity contribution < 1.29 is 13.2 Å². The highest BCUT2D eigenvalue weighted by molar-refractivity contribution is 7.89. The standard InChI is InChI=1S/C10H22N2O3S/c1-4-7-12(8-5-2)16(14,15)9-6-11-10(3)13/h4-9H2,1-3H3,(H,11,13). The molecular formula is C10H22N2O3S. The SMILES string of the molecule is CCCN(CCC)S(=O)(=O)CCNC(C)=O. The third-order valence-electron chi connectivity index (χ3n) is 2.07. The van der Waals surface area contributed by atoms with E-state index in [1.807, 2.05) is 13.8 Å². The first-order chi connectivity index (χ1) is 7.44. The molecule has 0 saturated carbocycles. The lowest BCUT2D eigenvalue weighted by Crippen LogP contribution is -2.38. The molecule has 0 aliphatic heterocycles. The molecule has 0 saturated heterocycles. The Balaban J connectivity index is 4.29. The van der Waals surface area contributed by atoms with E-state index in [1.165, 1.54) is 11.2 Å². The summed E-state index contributed by atoms with van der Waals surface area (Å²) in [5.74, 6) is -0.222. The minimum atomic E-state index is -3.22. The van der Waals surface area contributed by atoms with Gasteiger partial charge >= 0.3 is 0 Å². The molecule has 0 atom stereocenters. The molecule has 0 aromatic rings. The number of nitrogens with zero attached hydrogens (tertiary/aromatic N) is 1. The van der Waals surface area contributed by atoms with E-state index in [9.17, 15) is 13.2 Å². The summed E-state index contributed by atoms with van der Waals surface area (Å²) < 4.78 is 25.2. The number of nitrogens with one attached hydrogen (secondary N) is 1. The van der Waals surface area contributed by atoms with Crippen molar-refractivity contribution in [3.63, 3.8) is 0 Å². The molecule has 0 spiro atoms. The zero-order valence-corrected chi connectivity index (χ0v) is 11.1. The summed E-state index contributed by atoms with van der Waals surface area (Å²) in [4.78, 5) is 10.6. The molecule has 0 unspecified atom stereocenters. The van der Waals surface area contributed by atoms with Gasteiger partial charge in [0.1, 0.15) is 0 Å². The zero-order chi connectivity index (χ0) is 12.6. The number of hydrogen-bond acceptors (Lipinski definition) is 3. The van der Waals surface area contributed by atoms with Gasteiger partial charge in [-0.05, 0) is 12.8 Å². The molecule has 0 aromatic heterocycles. The Bertz CT molecular complexity index is 295. The van der Waals surface area contributed by atoms with Crippen LogP contribution >= 0.6 is 0 Å². The van der Waals surface area contributed by atoms with Gasteiger partial charge in [0.15, 0.2) is 0 Å². The lowest BCUT2D eigenvalue weighted by Gasteiger charge is -2.20. The van der Waals surface area contributed by atoms with Crippen molar-refractivity contribution in [3.8, 4) is 0 Å². The van der Waals surface area contributed by atoms with Gasteiger partial charge in [-0.25, -0.2) is 12.7 Å². The molecule has 5 nitrogen and oxygen atoms in total.